The van der Waals surface area contributed by atoms with Crippen LogP contribution in [0, 0.1) is 0 Å². The topological polar surface area (TPSA) is 65.5 Å². The van der Waals surface area contributed by atoms with Crippen molar-refractivity contribution in [3.63, 3.8) is 0 Å². The Labute approximate surface area is 182 Å². The van der Waals surface area contributed by atoms with Gasteiger partial charge in [0.25, 0.3) is 11.8 Å². The fraction of sp³-hybridized carbons (Fsp3) is 0.435. The third-order valence-corrected chi connectivity index (χ3v) is 6.16. The third-order valence-electron chi connectivity index (χ3n) is 5.88. The first-order valence-electron chi connectivity index (χ1n) is 10.7. The Morgan fingerprint density at radius 3 is 2.33 bits per heavy atom. The van der Waals surface area contributed by atoms with Gasteiger partial charge >= 0.3 is 0 Å². The van der Waals surface area contributed by atoms with Gasteiger partial charge in [-0.05, 0) is 50.3 Å². The van der Waals surface area contributed by atoms with E-state index >= 15 is 0 Å². The second-order valence-electron chi connectivity index (χ2n) is 7.98. The summed E-state index contributed by atoms with van der Waals surface area (Å²) in [6, 6.07) is 11.1. The van der Waals surface area contributed by atoms with Crippen molar-refractivity contribution in [1.82, 2.24) is 15.2 Å². The van der Waals surface area contributed by atoms with Crippen LogP contribution >= 0.6 is 11.6 Å². The number of hydrogen-bond acceptors (Lipinski definition) is 4. The predicted molar refractivity (Wildman–Crippen MR) is 118 cm³/mol. The number of nitrogens with zero attached hydrogens (tertiary/aromatic N) is 3. The number of rotatable bonds is 4. The SMILES string of the molecule is O=C(NC1CCN(c2ncc(C(=O)N3CCCCC3)cc2Cl)CC1)c1ccccc1. The summed E-state index contributed by atoms with van der Waals surface area (Å²) in [6.45, 7) is 3.12. The lowest BCUT2D eigenvalue weighted by molar-refractivity contribution is 0.0723. The minimum atomic E-state index is -0.0363. The van der Waals surface area contributed by atoms with Gasteiger partial charge in [-0.3, -0.25) is 9.59 Å². The van der Waals surface area contributed by atoms with Gasteiger partial charge in [-0.15, -0.1) is 0 Å². The Kier molecular flexibility index (Phi) is 6.53. The monoisotopic (exact) mass is 426 g/mol. The number of piperidine rings is 2. The highest BCUT2D eigenvalue weighted by Crippen LogP contribution is 2.27. The zero-order valence-corrected chi connectivity index (χ0v) is 17.8. The molecule has 1 N–H and O–H groups in total. The Hall–Kier alpha value is -2.60. The molecule has 0 aliphatic carbocycles. The van der Waals surface area contributed by atoms with E-state index in [1.54, 1.807) is 12.3 Å². The summed E-state index contributed by atoms with van der Waals surface area (Å²) in [6.07, 6.45) is 6.59. The number of pyridine rings is 1. The molecule has 2 aliphatic rings. The number of carbonyl (C=O) groups excluding carboxylic acids is 2. The van der Waals surface area contributed by atoms with Gasteiger partial charge in [-0.25, -0.2) is 4.98 Å². The maximum atomic E-state index is 12.7. The van der Waals surface area contributed by atoms with Gasteiger partial charge in [-0.1, -0.05) is 29.8 Å². The number of likely N-dealkylation sites (tertiary alicyclic amines) is 1. The summed E-state index contributed by atoms with van der Waals surface area (Å²) in [5.41, 5.74) is 1.23. The average molecular weight is 427 g/mol. The highest BCUT2D eigenvalue weighted by atomic mass is 35.5. The molecule has 7 heteroatoms. The first kappa shape index (κ1) is 20.7. The van der Waals surface area contributed by atoms with E-state index in [0.717, 1.165) is 51.9 Å². The van der Waals surface area contributed by atoms with E-state index in [1.807, 2.05) is 35.2 Å². The fourth-order valence-corrected chi connectivity index (χ4v) is 4.44. The van der Waals surface area contributed by atoms with Crippen molar-refractivity contribution in [1.29, 1.82) is 0 Å². The Morgan fingerprint density at radius 1 is 0.967 bits per heavy atom. The molecule has 0 spiro atoms. The summed E-state index contributed by atoms with van der Waals surface area (Å²) >= 11 is 6.50. The lowest BCUT2D eigenvalue weighted by Crippen LogP contribution is -2.45. The van der Waals surface area contributed by atoms with E-state index in [1.165, 1.54) is 6.42 Å². The molecule has 2 aliphatic heterocycles. The van der Waals surface area contributed by atoms with Crippen molar-refractivity contribution in [2.45, 2.75) is 38.1 Å². The van der Waals surface area contributed by atoms with Crippen LogP contribution in [0.5, 0.6) is 0 Å². The van der Waals surface area contributed by atoms with Gasteiger partial charge in [0.2, 0.25) is 0 Å². The quantitative estimate of drug-likeness (QED) is 0.808. The number of anilines is 1. The minimum absolute atomic E-state index is 0.0120. The van der Waals surface area contributed by atoms with Gasteiger partial charge in [0.1, 0.15) is 5.82 Å². The van der Waals surface area contributed by atoms with Crippen LogP contribution in [0.15, 0.2) is 42.6 Å². The molecule has 0 radical (unpaired) electrons. The van der Waals surface area contributed by atoms with E-state index in [9.17, 15) is 9.59 Å². The molecule has 2 amide bonds. The molecule has 0 unspecified atom stereocenters. The molecular weight excluding hydrogens is 400 g/mol. The van der Waals surface area contributed by atoms with E-state index in [4.69, 9.17) is 11.6 Å². The van der Waals surface area contributed by atoms with Crippen LogP contribution in [0.25, 0.3) is 0 Å². The number of benzene rings is 1. The Morgan fingerprint density at radius 2 is 1.67 bits per heavy atom. The molecule has 0 atom stereocenters. The lowest BCUT2D eigenvalue weighted by atomic mass is 10.0. The summed E-state index contributed by atoms with van der Waals surface area (Å²) in [7, 11) is 0. The molecule has 158 valence electrons. The highest BCUT2D eigenvalue weighted by molar-refractivity contribution is 6.33. The van der Waals surface area contributed by atoms with E-state index in [2.05, 4.69) is 15.2 Å². The minimum Gasteiger partial charge on any atom is -0.355 e. The number of hydrogen-bond donors (Lipinski definition) is 1. The average Bonchev–Trinajstić information content (AvgIpc) is 2.80. The number of carbonyl (C=O) groups is 2. The standard InChI is InChI=1S/C23H27ClN4O2/c24-20-15-18(23(30)28-11-5-2-6-12-28)16-25-21(20)27-13-9-19(10-14-27)26-22(29)17-7-3-1-4-8-17/h1,3-4,7-8,15-16,19H,2,5-6,9-14H2,(H,26,29). The fourth-order valence-electron chi connectivity index (χ4n) is 4.15. The molecular formula is C23H27ClN4O2. The Balaban J connectivity index is 1.34. The molecule has 6 nitrogen and oxygen atoms in total. The molecule has 0 bridgehead atoms. The molecule has 0 saturated carbocycles. The Bertz CT molecular complexity index is 891. The van der Waals surface area contributed by atoms with Crippen LogP contribution in [-0.2, 0) is 0 Å². The van der Waals surface area contributed by atoms with E-state index in [-0.39, 0.29) is 17.9 Å². The van der Waals surface area contributed by atoms with Gasteiger partial charge in [0, 0.05) is 44.0 Å². The second kappa shape index (κ2) is 9.47. The number of aromatic nitrogens is 1. The van der Waals surface area contributed by atoms with E-state index < -0.39 is 0 Å². The third kappa shape index (κ3) is 4.75. The van der Waals surface area contributed by atoms with Crippen molar-refractivity contribution in [2.75, 3.05) is 31.1 Å². The molecule has 3 heterocycles. The van der Waals surface area contributed by atoms with Crippen LogP contribution in [0.3, 0.4) is 0 Å². The van der Waals surface area contributed by atoms with Crippen molar-refractivity contribution >= 4 is 29.2 Å². The number of halogens is 1. The zero-order chi connectivity index (χ0) is 20.9. The zero-order valence-electron chi connectivity index (χ0n) is 17.0. The first-order chi connectivity index (χ1) is 14.6. The summed E-state index contributed by atoms with van der Waals surface area (Å²) < 4.78 is 0. The normalized spacial score (nSPS) is 17.6. The largest absolute Gasteiger partial charge is 0.355 e. The molecule has 1 aromatic heterocycles. The van der Waals surface area contributed by atoms with Crippen LogP contribution in [0.2, 0.25) is 5.02 Å². The number of nitrogens with one attached hydrogen (secondary N) is 1. The van der Waals surface area contributed by atoms with Gasteiger partial charge < -0.3 is 15.1 Å². The maximum absolute atomic E-state index is 12.7. The van der Waals surface area contributed by atoms with Gasteiger partial charge in [-0.2, -0.15) is 0 Å². The van der Waals surface area contributed by atoms with Crippen LogP contribution < -0.4 is 10.2 Å². The molecule has 4 rings (SSSR count). The van der Waals surface area contributed by atoms with Crippen molar-refractivity contribution in [3.05, 3.63) is 58.7 Å². The summed E-state index contributed by atoms with van der Waals surface area (Å²) in [4.78, 5) is 33.6. The lowest BCUT2D eigenvalue weighted by Gasteiger charge is -2.33. The number of amides is 2. The van der Waals surface area contributed by atoms with E-state index in [0.29, 0.717) is 22.0 Å². The predicted octanol–water partition coefficient (Wildman–Crippen LogP) is 3.76. The highest BCUT2D eigenvalue weighted by Gasteiger charge is 2.25. The second-order valence-corrected chi connectivity index (χ2v) is 8.39. The first-order valence-corrected chi connectivity index (χ1v) is 11.1. The molecule has 30 heavy (non-hydrogen) atoms. The maximum Gasteiger partial charge on any atom is 0.255 e. The molecule has 1 aromatic carbocycles. The van der Waals surface area contributed by atoms with Gasteiger partial charge in [0.15, 0.2) is 0 Å². The summed E-state index contributed by atoms with van der Waals surface area (Å²) in [5.74, 6) is 0.684. The molecule has 2 aromatic rings. The molecule has 2 fully saturated rings. The van der Waals surface area contributed by atoms with Gasteiger partial charge in [0.05, 0.1) is 10.6 Å². The van der Waals surface area contributed by atoms with Crippen molar-refractivity contribution in [3.8, 4) is 0 Å². The van der Waals surface area contributed by atoms with Crippen molar-refractivity contribution in [2.24, 2.45) is 0 Å². The van der Waals surface area contributed by atoms with Crippen LogP contribution in [0.1, 0.15) is 52.8 Å². The van der Waals surface area contributed by atoms with Crippen LogP contribution in [-0.4, -0.2) is 53.9 Å². The summed E-state index contributed by atoms with van der Waals surface area (Å²) in [5, 5.41) is 3.62. The molecule has 2 saturated heterocycles. The van der Waals surface area contributed by atoms with Crippen LogP contribution in [0.4, 0.5) is 5.82 Å². The smallest absolute Gasteiger partial charge is 0.255 e. The van der Waals surface area contributed by atoms with Crippen molar-refractivity contribution < 1.29 is 9.59 Å².